The molecule has 2 heterocycles. The number of amidine groups is 1. The highest BCUT2D eigenvalue weighted by Crippen LogP contribution is 2.19. The van der Waals surface area contributed by atoms with Crippen molar-refractivity contribution in [2.24, 2.45) is 10.9 Å². The van der Waals surface area contributed by atoms with Gasteiger partial charge in [0.1, 0.15) is 0 Å². The lowest BCUT2D eigenvalue weighted by Gasteiger charge is -2.30. The van der Waals surface area contributed by atoms with Gasteiger partial charge in [-0.3, -0.25) is 24.7 Å². The predicted octanol–water partition coefficient (Wildman–Crippen LogP) is 0.00710. The molecule has 2 aliphatic rings. The number of hydrogen-bond acceptors (Lipinski definition) is 6. The third kappa shape index (κ3) is 4.20. The van der Waals surface area contributed by atoms with Crippen LogP contribution < -0.4 is 5.32 Å². The summed E-state index contributed by atoms with van der Waals surface area (Å²) in [4.78, 5) is 41.0. The van der Waals surface area contributed by atoms with Crippen LogP contribution in [0.15, 0.2) is 4.99 Å². The first kappa shape index (κ1) is 15.8. The first-order valence-electron chi connectivity index (χ1n) is 7.06. The minimum Gasteiger partial charge on any atom is -0.466 e. The molecule has 116 valence electrons. The number of thioether (sulfide) groups is 1. The van der Waals surface area contributed by atoms with E-state index in [2.05, 4.69) is 10.3 Å². The highest BCUT2D eigenvalue weighted by atomic mass is 32.2. The summed E-state index contributed by atoms with van der Waals surface area (Å²) in [5.41, 5.74) is 0. The number of carbonyl (C=O) groups is 3. The van der Waals surface area contributed by atoms with Crippen LogP contribution in [0.5, 0.6) is 0 Å². The van der Waals surface area contributed by atoms with E-state index >= 15 is 0 Å². The molecule has 0 radical (unpaired) electrons. The van der Waals surface area contributed by atoms with Gasteiger partial charge in [0.25, 0.3) is 0 Å². The molecular formula is C13H19N3O4S. The van der Waals surface area contributed by atoms with E-state index in [1.165, 1.54) is 16.7 Å². The number of rotatable bonds is 2. The largest absolute Gasteiger partial charge is 0.466 e. The fourth-order valence-corrected chi connectivity index (χ4v) is 3.01. The second-order valence-electron chi connectivity index (χ2n) is 4.81. The summed E-state index contributed by atoms with van der Waals surface area (Å²) < 4.78 is 4.97. The Labute approximate surface area is 127 Å². The van der Waals surface area contributed by atoms with Gasteiger partial charge >= 0.3 is 17.8 Å². The van der Waals surface area contributed by atoms with Crippen molar-refractivity contribution in [2.45, 2.75) is 19.8 Å². The normalized spacial score (nSPS) is 19.1. The predicted molar refractivity (Wildman–Crippen MR) is 78.8 cm³/mol. The Balaban J connectivity index is 1.79. The molecular weight excluding hydrogens is 294 g/mol. The number of nitrogens with zero attached hydrogens (tertiary/aromatic N) is 2. The average molecular weight is 313 g/mol. The maximum Gasteiger partial charge on any atom is 0.315 e. The zero-order valence-electron chi connectivity index (χ0n) is 12.0. The van der Waals surface area contributed by atoms with Crippen molar-refractivity contribution < 1.29 is 19.1 Å². The van der Waals surface area contributed by atoms with E-state index in [-0.39, 0.29) is 11.9 Å². The Morgan fingerprint density at radius 1 is 1.38 bits per heavy atom. The van der Waals surface area contributed by atoms with Gasteiger partial charge in [-0.15, -0.1) is 0 Å². The maximum atomic E-state index is 12.0. The SMILES string of the molecule is CCOC(=O)C1CCN(C(=O)C(=O)NC2=NCCS2)CC1. The van der Waals surface area contributed by atoms with Crippen LogP contribution in [-0.4, -0.2) is 59.8 Å². The standard InChI is InChI=1S/C13H19N3O4S/c1-2-20-12(19)9-3-6-16(7-4-9)11(18)10(17)15-13-14-5-8-21-13/h9H,2-8H2,1H3,(H,14,15,17). The van der Waals surface area contributed by atoms with E-state index in [1.54, 1.807) is 6.92 Å². The lowest BCUT2D eigenvalue weighted by atomic mass is 9.97. The van der Waals surface area contributed by atoms with Crippen molar-refractivity contribution in [3.05, 3.63) is 0 Å². The summed E-state index contributed by atoms with van der Waals surface area (Å²) in [5, 5.41) is 3.03. The minimum atomic E-state index is -0.655. The zero-order chi connectivity index (χ0) is 15.2. The van der Waals surface area contributed by atoms with Crippen LogP contribution in [-0.2, 0) is 19.1 Å². The lowest BCUT2D eigenvalue weighted by Crippen LogP contribution is -2.48. The van der Waals surface area contributed by atoms with E-state index in [1.807, 2.05) is 0 Å². The van der Waals surface area contributed by atoms with Gasteiger partial charge in [0.15, 0.2) is 5.17 Å². The quantitative estimate of drug-likeness (QED) is 0.573. The van der Waals surface area contributed by atoms with Gasteiger partial charge in [-0.25, -0.2) is 0 Å². The van der Waals surface area contributed by atoms with Gasteiger partial charge in [-0.1, -0.05) is 11.8 Å². The highest BCUT2D eigenvalue weighted by Gasteiger charge is 2.31. The number of hydrogen-bond donors (Lipinski definition) is 1. The average Bonchev–Trinajstić information content (AvgIpc) is 3.00. The third-order valence-electron chi connectivity index (χ3n) is 3.40. The Morgan fingerprint density at radius 3 is 2.67 bits per heavy atom. The number of aliphatic imine (C=N–C) groups is 1. The number of piperidine rings is 1. The van der Waals surface area contributed by atoms with Gasteiger partial charge in [0.05, 0.1) is 19.1 Å². The van der Waals surface area contributed by atoms with E-state index in [0.29, 0.717) is 44.3 Å². The molecule has 0 unspecified atom stereocenters. The number of nitrogens with one attached hydrogen (secondary N) is 1. The van der Waals surface area contributed by atoms with Gasteiger partial charge in [0, 0.05) is 18.8 Å². The monoisotopic (exact) mass is 313 g/mol. The third-order valence-corrected chi connectivity index (χ3v) is 4.29. The number of ether oxygens (including phenoxy) is 1. The molecule has 0 bridgehead atoms. The van der Waals surface area contributed by atoms with Crippen LogP contribution in [0, 0.1) is 5.92 Å². The molecule has 2 amide bonds. The summed E-state index contributed by atoms with van der Waals surface area (Å²) in [6.07, 6.45) is 1.07. The van der Waals surface area contributed by atoms with E-state index in [4.69, 9.17) is 4.74 Å². The second kappa shape index (κ2) is 7.44. The summed E-state index contributed by atoms with van der Waals surface area (Å²) >= 11 is 1.43. The first-order chi connectivity index (χ1) is 10.1. The number of carbonyl (C=O) groups excluding carboxylic acids is 3. The Hall–Kier alpha value is -1.57. The lowest BCUT2D eigenvalue weighted by molar-refractivity contribution is -0.152. The molecule has 0 atom stereocenters. The summed E-state index contributed by atoms with van der Waals surface area (Å²) in [6, 6.07) is 0. The molecule has 0 aromatic heterocycles. The smallest absolute Gasteiger partial charge is 0.315 e. The number of amides is 2. The molecule has 8 heteroatoms. The van der Waals surface area contributed by atoms with Crippen molar-refractivity contribution >= 4 is 34.7 Å². The molecule has 0 saturated carbocycles. The zero-order valence-corrected chi connectivity index (χ0v) is 12.8. The van der Waals surface area contributed by atoms with E-state index in [9.17, 15) is 14.4 Å². The Kier molecular flexibility index (Phi) is 5.60. The van der Waals surface area contributed by atoms with Gasteiger partial charge < -0.3 is 9.64 Å². The molecule has 0 aromatic carbocycles. The van der Waals surface area contributed by atoms with Crippen LogP contribution in [0.1, 0.15) is 19.8 Å². The molecule has 1 N–H and O–H groups in total. The summed E-state index contributed by atoms with van der Waals surface area (Å²) in [5.74, 6) is -0.780. The van der Waals surface area contributed by atoms with Crippen molar-refractivity contribution in [1.29, 1.82) is 0 Å². The molecule has 0 spiro atoms. The fourth-order valence-electron chi connectivity index (χ4n) is 2.28. The number of esters is 1. The molecule has 1 fully saturated rings. The van der Waals surface area contributed by atoms with Crippen LogP contribution in [0.2, 0.25) is 0 Å². The van der Waals surface area contributed by atoms with Crippen LogP contribution in [0.25, 0.3) is 0 Å². The Bertz CT molecular complexity index is 458. The van der Waals surface area contributed by atoms with Crippen molar-refractivity contribution in [3.8, 4) is 0 Å². The molecule has 7 nitrogen and oxygen atoms in total. The van der Waals surface area contributed by atoms with Crippen LogP contribution in [0.4, 0.5) is 0 Å². The molecule has 0 aromatic rings. The molecule has 0 aliphatic carbocycles. The molecule has 2 rings (SSSR count). The summed E-state index contributed by atoms with van der Waals surface area (Å²) in [7, 11) is 0. The minimum absolute atomic E-state index is 0.174. The molecule has 1 saturated heterocycles. The Morgan fingerprint density at radius 2 is 2.10 bits per heavy atom. The van der Waals surface area contributed by atoms with Crippen molar-refractivity contribution in [2.75, 3.05) is 32.0 Å². The van der Waals surface area contributed by atoms with Crippen LogP contribution >= 0.6 is 11.8 Å². The summed E-state index contributed by atoms with van der Waals surface area (Å²) in [6.45, 7) is 3.59. The molecule has 2 aliphatic heterocycles. The van der Waals surface area contributed by atoms with E-state index in [0.717, 1.165) is 5.75 Å². The fraction of sp³-hybridized carbons (Fsp3) is 0.692. The van der Waals surface area contributed by atoms with Crippen LogP contribution in [0.3, 0.4) is 0 Å². The first-order valence-corrected chi connectivity index (χ1v) is 8.04. The molecule has 21 heavy (non-hydrogen) atoms. The van der Waals surface area contributed by atoms with Gasteiger partial charge in [-0.2, -0.15) is 0 Å². The van der Waals surface area contributed by atoms with E-state index < -0.39 is 11.8 Å². The van der Waals surface area contributed by atoms with Gasteiger partial charge in [0.2, 0.25) is 0 Å². The van der Waals surface area contributed by atoms with Crippen molar-refractivity contribution in [3.63, 3.8) is 0 Å². The maximum absolute atomic E-state index is 12.0. The highest BCUT2D eigenvalue weighted by molar-refractivity contribution is 8.14. The van der Waals surface area contributed by atoms with Gasteiger partial charge in [-0.05, 0) is 19.8 Å². The number of likely N-dealkylation sites (tertiary alicyclic amines) is 1. The second-order valence-corrected chi connectivity index (χ2v) is 5.89. The van der Waals surface area contributed by atoms with Crippen molar-refractivity contribution in [1.82, 2.24) is 10.2 Å². The topological polar surface area (TPSA) is 88.1 Å².